The Hall–Kier alpha value is 0.250. The van der Waals surface area contributed by atoms with E-state index >= 15 is 0 Å². The van der Waals surface area contributed by atoms with Gasteiger partial charge in [0.05, 0.1) is 12.4 Å². The minimum absolute atomic E-state index is 0. The Morgan fingerprint density at radius 1 is 1.29 bits per heavy atom. The topological polar surface area (TPSA) is 3.24 Å². The van der Waals surface area contributed by atoms with Gasteiger partial charge in [0.25, 0.3) is 0 Å². The average molecular weight is 125 g/mol. The van der Waals surface area contributed by atoms with E-state index in [1.165, 1.54) is 13.0 Å². The highest BCUT2D eigenvalue weighted by molar-refractivity contribution is 4.34. The molecule has 0 saturated heterocycles. The highest BCUT2D eigenvalue weighted by Crippen LogP contribution is 1.76. The lowest BCUT2D eigenvalue weighted by atomic mass is 10.5. The van der Waals surface area contributed by atoms with Crippen molar-refractivity contribution in [2.24, 2.45) is 0 Å². The molecule has 0 N–H and O–H groups in total. The van der Waals surface area contributed by atoms with Gasteiger partial charge in [-0.15, -0.1) is 0 Å². The van der Waals surface area contributed by atoms with E-state index in [0.717, 1.165) is 0 Å². The Kier molecular flexibility index (Phi) is 9.17. The Bertz CT molecular complexity index is 29.3. The van der Waals surface area contributed by atoms with E-state index in [2.05, 4.69) is 25.9 Å². The first-order valence-corrected chi connectivity index (χ1v) is 2.42. The van der Waals surface area contributed by atoms with Crippen molar-refractivity contribution in [1.82, 2.24) is 4.90 Å². The van der Waals surface area contributed by atoms with Crippen LogP contribution in [0.4, 0.5) is 0 Å². The van der Waals surface area contributed by atoms with Gasteiger partial charge in [-0.1, -0.05) is 6.92 Å². The summed E-state index contributed by atoms with van der Waals surface area (Å²) < 4.78 is 0. The maximum Gasteiger partial charge on any atom is 0.0903 e. The molecule has 1 nitrogen and oxygen atoms in total. The predicted molar refractivity (Wildman–Crippen MR) is 31.6 cm³/mol. The van der Waals surface area contributed by atoms with E-state index in [1.54, 1.807) is 0 Å². The van der Waals surface area contributed by atoms with Crippen LogP contribution in [0, 0.1) is 12.4 Å². The first kappa shape index (κ1) is 10.3. The maximum atomic E-state index is 2.18. The molecule has 7 heavy (non-hydrogen) atoms. The van der Waals surface area contributed by atoms with Gasteiger partial charge in [0.2, 0.25) is 0 Å². The zero-order valence-corrected chi connectivity index (χ0v) is 6.20. The van der Waals surface area contributed by atoms with Crippen molar-refractivity contribution in [3.05, 3.63) is 0 Å². The molecule has 0 fully saturated rings. The molecular weight excluding hydrogens is 110 g/mol. The van der Waals surface area contributed by atoms with Crippen molar-refractivity contribution in [2.75, 3.05) is 20.6 Å². The summed E-state index contributed by atoms with van der Waals surface area (Å²) in [6, 6.07) is 0. The molecule has 0 aromatic carbocycles. The van der Waals surface area contributed by atoms with Gasteiger partial charge < -0.3 is 4.90 Å². The van der Waals surface area contributed by atoms with Crippen molar-refractivity contribution >= 4 is 0 Å². The number of rotatable bonds is 2. The molecule has 0 aromatic rings. The Balaban J connectivity index is 0. The fourth-order valence-corrected chi connectivity index (χ4v) is 0.447. The lowest BCUT2D eigenvalue weighted by Crippen LogP contribution is -2.11. The molecule has 0 radical (unpaired) electrons. The van der Waals surface area contributed by atoms with Gasteiger partial charge in [0.15, 0.2) is 0 Å². The zero-order chi connectivity index (χ0) is 4.99. The van der Waals surface area contributed by atoms with Crippen molar-refractivity contribution < 1.29 is 12.4 Å². The lowest BCUT2D eigenvalue weighted by Gasteiger charge is -2.03. The molecule has 0 atom stereocenters. The van der Waals surface area contributed by atoms with E-state index in [-0.39, 0.29) is 12.4 Å². The minimum atomic E-state index is 0. The van der Waals surface area contributed by atoms with E-state index in [9.17, 15) is 0 Å². The number of halogens is 1. The van der Waals surface area contributed by atoms with E-state index in [0.29, 0.717) is 0 Å². The van der Waals surface area contributed by atoms with Crippen molar-refractivity contribution in [3.8, 4) is 0 Å². The van der Waals surface area contributed by atoms with Gasteiger partial charge in [-0.3, -0.25) is 0 Å². The van der Waals surface area contributed by atoms with E-state index in [1.807, 2.05) is 0 Å². The van der Waals surface area contributed by atoms with Gasteiger partial charge in [0, 0.05) is 0 Å². The highest BCUT2D eigenvalue weighted by atomic mass is 35.5. The lowest BCUT2D eigenvalue weighted by molar-refractivity contribution is -0.00000152. The third kappa shape index (κ3) is 10.7. The summed E-state index contributed by atoms with van der Waals surface area (Å²) in [4.78, 5) is 2.18. The fraction of sp³-hybridized carbons (Fsp3) is 1.00. The summed E-state index contributed by atoms with van der Waals surface area (Å²) in [7, 11) is 4.17. The Morgan fingerprint density at radius 2 is 1.71 bits per heavy atom. The molecule has 0 saturated carbocycles. The molecular formula is C5H15ClN+. The van der Waals surface area contributed by atoms with Crippen LogP contribution in [-0.4, -0.2) is 25.5 Å². The Morgan fingerprint density at radius 3 is 1.71 bits per heavy atom. The van der Waals surface area contributed by atoms with Crippen LogP contribution in [0.3, 0.4) is 0 Å². The quantitative estimate of drug-likeness (QED) is 0.516. The third-order valence-corrected chi connectivity index (χ3v) is 0.671. The summed E-state index contributed by atoms with van der Waals surface area (Å²) in [5.41, 5.74) is 0. The fourth-order valence-electron chi connectivity index (χ4n) is 0.447. The van der Waals surface area contributed by atoms with Crippen LogP contribution >= 0.6 is 0 Å². The standard InChI is InChI=1S/C5H13N.ClH2/c1-4-5-6(2)3;/h4-5H2,1-3H3;1H2/q;+1. The summed E-state index contributed by atoms with van der Waals surface area (Å²) in [6.07, 6.45) is 1.26. The second-order valence-corrected chi connectivity index (χ2v) is 1.80. The second-order valence-electron chi connectivity index (χ2n) is 1.80. The van der Waals surface area contributed by atoms with E-state index in [4.69, 9.17) is 0 Å². The maximum absolute atomic E-state index is 2.18. The molecule has 0 rings (SSSR count). The largest absolute Gasteiger partial charge is 0.309 e. The molecule has 2 heteroatoms. The summed E-state index contributed by atoms with van der Waals surface area (Å²) in [5.74, 6) is 0. The smallest absolute Gasteiger partial charge is 0.0903 e. The Labute approximate surface area is 52.1 Å². The van der Waals surface area contributed by atoms with Gasteiger partial charge in [-0.25, -0.2) is 0 Å². The van der Waals surface area contributed by atoms with Crippen molar-refractivity contribution in [2.45, 2.75) is 13.3 Å². The molecule has 0 bridgehead atoms. The van der Waals surface area contributed by atoms with Crippen LogP contribution in [0.2, 0.25) is 0 Å². The highest BCUT2D eigenvalue weighted by Gasteiger charge is 1.79. The summed E-state index contributed by atoms with van der Waals surface area (Å²) in [5, 5.41) is 0. The van der Waals surface area contributed by atoms with Crippen LogP contribution in [0.25, 0.3) is 0 Å². The normalized spacial score (nSPS) is 8.57. The second kappa shape index (κ2) is 6.25. The van der Waals surface area contributed by atoms with Crippen LogP contribution in [0.5, 0.6) is 0 Å². The third-order valence-electron chi connectivity index (χ3n) is 0.671. The van der Waals surface area contributed by atoms with Crippen molar-refractivity contribution in [3.63, 3.8) is 0 Å². The van der Waals surface area contributed by atoms with Gasteiger partial charge in [-0.2, -0.15) is 0 Å². The van der Waals surface area contributed by atoms with Crippen LogP contribution in [0.15, 0.2) is 0 Å². The average Bonchev–Trinajstić information content (AvgIpc) is 1.35. The first-order valence-electron chi connectivity index (χ1n) is 2.42. The van der Waals surface area contributed by atoms with Crippen LogP contribution in [-0.2, 0) is 0 Å². The molecule has 0 aliphatic rings. The number of nitrogens with zero attached hydrogens (tertiary/aromatic N) is 1. The molecule has 0 spiro atoms. The SMILES string of the molecule is CCCN(C)C.[ClH2+]. The molecule has 0 aliphatic carbocycles. The minimum Gasteiger partial charge on any atom is -0.309 e. The molecule has 0 heterocycles. The molecule has 0 aromatic heterocycles. The predicted octanol–water partition coefficient (Wildman–Crippen LogP) is 0.423. The number of hydrogen-bond acceptors (Lipinski definition) is 1. The van der Waals surface area contributed by atoms with Crippen molar-refractivity contribution in [1.29, 1.82) is 0 Å². The zero-order valence-electron chi connectivity index (χ0n) is 5.31. The monoisotopic (exact) mass is 124 g/mol. The molecule has 0 amide bonds. The van der Waals surface area contributed by atoms with Crippen LogP contribution < -0.4 is 0 Å². The molecule has 0 aliphatic heterocycles. The first-order chi connectivity index (χ1) is 2.77. The van der Waals surface area contributed by atoms with Gasteiger partial charge >= 0.3 is 0 Å². The molecule has 0 unspecified atom stereocenters. The summed E-state index contributed by atoms with van der Waals surface area (Å²) >= 11 is 0. The van der Waals surface area contributed by atoms with Crippen LogP contribution in [0.1, 0.15) is 13.3 Å². The summed E-state index contributed by atoms with van der Waals surface area (Å²) in [6.45, 7) is 3.39. The number of hydrogen-bond donors (Lipinski definition) is 0. The van der Waals surface area contributed by atoms with Gasteiger partial charge in [0.1, 0.15) is 0 Å². The van der Waals surface area contributed by atoms with Gasteiger partial charge in [-0.05, 0) is 27.1 Å². The molecule has 46 valence electrons. The van der Waals surface area contributed by atoms with E-state index < -0.39 is 0 Å².